The Morgan fingerprint density at radius 1 is 1.24 bits per heavy atom. The van der Waals surface area contributed by atoms with E-state index in [2.05, 4.69) is 68.6 Å². The first-order valence-corrected chi connectivity index (χ1v) is 6.82. The van der Waals surface area contributed by atoms with E-state index >= 15 is 0 Å². The molecule has 0 amide bonds. The summed E-state index contributed by atoms with van der Waals surface area (Å²) in [5.41, 5.74) is 3.96. The van der Waals surface area contributed by atoms with Crippen molar-refractivity contribution in [2.24, 2.45) is 5.92 Å². The van der Waals surface area contributed by atoms with Crippen LogP contribution < -0.4 is 4.90 Å². The van der Waals surface area contributed by atoms with E-state index in [1.165, 1.54) is 21.7 Å². The molecule has 2 heteroatoms. The Hall–Kier alpha value is -1.15. The van der Waals surface area contributed by atoms with Crippen LogP contribution in [0.15, 0.2) is 40.7 Å². The lowest BCUT2D eigenvalue weighted by molar-refractivity contribution is 0.834. The molecule has 1 aliphatic heterocycles. The molecule has 0 bridgehead atoms. The summed E-state index contributed by atoms with van der Waals surface area (Å²) >= 11 is 1.80. The number of rotatable bonds is 2. The van der Waals surface area contributed by atoms with Gasteiger partial charge in [-0.25, -0.2) is 0 Å². The monoisotopic (exact) mass is 245 g/mol. The third kappa shape index (κ3) is 2.75. The highest BCUT2D eigenvalue weighted by Crippen LogP contribution is 2.37. The van der Waals surface area contributed by atoms with Gasteiger partial charge in [-0.3, -0.25) is 0 Å². The maximum atomic E-state index is 2.33. The van der Waals surface area contributed by atoms with Gasteiger partial charge in [-0.1, -0.05) is 31.7 Å². The van der Waals surface area contributed by atoms with Gasteiger partial charge in [0.25, 0.3) is 0 Å². The number of hydrogen-bond donors (Lipinski definition) is 0. The van der Waals surface area contributed by atoms with E-state index in [1.54, 1.807) is 11.8 Å². The summed E-state index contributed by atoms with van der Waals surface area (Å²) in [6, 6.07) is 6.67. The number of benzene rings is 1. The summed E-state index contributed by atoms with van der Waals surface area (Å²) in [6.07, 6.45) is 4.54. The molecule has 0 saturated carbocycles. The molecule has 2 rings (SSSR count). The molecule has 1 aromatic carbocycles. The smallest absolute Gasteiger partial charge is 0.0368 e. The molecule has 1 nitrogen and oxygen atoms in total. The van der Waals surface area contributed by atoms with Crippen LogP contribution in [0.4, 0.5) is 5.69 Å². The van der Waals surface area contributed by atoms with Gasteiger partial charge in [-0.2, -0.15) is 0 Å². The summed E-state index contributed by atoms with van der Waals surface area (Å²) in [6.45, 7) is 4.44. The SMILES string of the molecule is CC(C)/C=C1\C=CSc2ccc(N(C)C)cc21. The lowest BCUT2D eigenvalue weighted by atomic mass is 10.0. The molecule has 0 radical (unpaired) electrons. The van der Waals surface area contributed by atoms with Gasteiger partial charge in [0.05, 0.1) is 0 Å². The number of thioether (sulfide) groups is 1. The number of nitrogens with zero attached hydrogens (tertiary/aromatic N) is 1. The second-order valence-electron chi connectivity index (χ2n) is 4.86. The van der Waals surface area contributed by atoms with Crippen molar-refractivity contribution in [3.05, 3.63) is 41.3 Å². The largest absolute Gasteiger partial charge is 0.378 e. The van der Waals surface area contributed by atoms with Gasteiger partial charge in [0, 0.05) is 24.7 Å². The molecule has 1 heterocycles. The molecular formula is C15H19NS. The van der Waals surface area contributed by atoms with Crippen molar-refractivity contribution in [3.8, 4) is 0 Å². The van der Waals surface area contributed by atoms with Gasteiger partial charge in [-0.05, 0) is 46.7 Å². The van der Waals surface area contributed by atoms with E-state index in [-0.39, 0.29) is 0 Å². The molecular weight excluding hydrogens is 226 g/mol. The Kier molecular flexibility index (Phi) is 3.63. The van der Waals surface area contributed by atoms with Gasteiger partial charge in [-0.15, -0.1) is 0 Å². The first-order chi connectivity index (χ1) is 8.08. The molecule has 1 aliphatic rings. The summed E-state index contributed by atoms with van der Waals surface area (Å²) in [5, 5.41) is 2.17. The van der Waals surface area contributed by atoms with Crippen LogP contribution >= 0.6 is 11.8 Å². The highest BCUT2D eigenvalue weighted by atomic mass is 32.2. The van der Waals surface area contributed by atoms with Crippen molar-refractivity contribution in [1.29, 1.82) is 0 Å². The quantitative estimate of drug-likeness (QED) is 0.759. The lowest BCUT2D eigenvalue weighted by Crippen LogP contribution is -2.09. The van der Waals surface area contributed by atoms with Crippen LogP contribution in [0.1, 0.15) is 19.4 Å². The molecule has 90 valence electrons. The van der Waals surface area contributed by atoms with Crippen LogP contribution in [0.3, 0.4) is 0 Å². The highest BCUT2D eigenvalue weighted by molar-refractivity contribution is 8.02. The van der Waals surface area contributed by atoms with Crippen molar-refractivity contribution in [2.45, 2.75) is 18.7 Å². The Labute approximate surface area is 108 Å². The van der Waals surface area contributed by atoms with Crippen LogP contribution in [0.25, 0.3) is 5.57 Å². The van der Waals surface area contributed by atoms with Crippen molar-refractivity contribution in [2.75, 3.05) is 19.0 Å². The minimum atomic E-state index is 0.577. The molecule has 0 aliphatic carbocycles. The van der Waals surface area contributed by atoms with Crippen molar-refractivity contribution >= 4 is 23.0 Å². The van der Waals surface area contributed by atoms with Gasteiger partial charge in [0.15, 0.2) is 0 Å². The van der Waals surface area contributed by atoms with Gasteiger partial charge in [0.2, 0.25) is 0 Å². The van der Waals surface area contributed by atoms with E-state index in [1.807, 2.05) is 0 Å². The fourth-order valence-electron chi connectivity index (χ4n) is 1.90. The summed E-state index contributed by atoms with van der Waals surface area (Å²) in [7, 11) is 4.17. The van der Waals surface area contributed by atoms with Crippen LogP contribution in [0.2, 0.25) is 0 Å². The first kappa shape index (κ1) is 12.3. The Morgan fingerprint density at radius 3 is 2.65 bits per heavy atom. The topological polar surface area (TPSA) is 3.24 Å². The number of allylic oxidation sites excluding steroid dienone is 3. The fraction of sp³-hybridized carbons (Fsp3) is 0.333. The number of fused-ring (bicyclic) bond motifs is 1. The minimum Gasteiger partial charge on any atom is -0.378 e. The van der Waals surface area contributed by atoms with E-state index in [0.717, 1.165) is 0 Å². The molecule has 0 unspecified atom stereocenters. The molecule has 0 spiro atoms. The standard InChI is InChI=1S/C15H19NS/c1-11(2)9-12-7-8-17-15-6-5-13(16(3)4)10-14(12)15/h5-11H,1-4H3/b12-9+. The van der Waals surface area contributed by atoms with Gasteiger partial charge < -0.3 is 4.90 Å². The van der Waals surface area contributed by atoms with Crippen LogP contribution in [0.5, 0.6) is 0 Å². The third-order valence-electron chi connectivity index (χ3n) is 2.75. The van der Waals surface area contributed by atoms with E-state index in [0.29, 0.717) is 5.92 Å². The van der Waals surface area contributed by atoms with Gasteiger partial charge in [0.1, 0.15) is 0 Å². The normalized spacial score (nSPS) is 16.4. The lowest BCUT2D eigenvalue weighted by Gasteiger charge is -2.19. The van der Waals surface area contributed by atoms with Crippen LogP contribution in [-0.4, -0.2) is 14.1 Å². The van der Waals surface area contributed by atoms with Crippen molar-refractivity contribution < 1.29 is 0 Å². The number of anilines is 1. The number of hydrogen-bond acceptors (Lipinski definition) is 2. The molecule has 0 N–H and O–H groups in total. The average Bonchev–Trinajstić information content (AvgIpc) is 2.28. The first-order valence-electron chi connectivity index (χ1n) is 5.94. The molecule has 0 atom stereocenters. The zero-order valence-corrected chi connectivity index (χ0v) is 11.7. The van der Waals surface area contributed by atoms with Gasteiger partial charge >= 0.3 is 0 Å². The van der Waals surface area contributed by atoms with Crippen molar-refractivity contribution in [1.82, 2.24) is 0 Å². The highest BCUT2D eigenvalue weighted by Gasteiger charge is 2.12. The average molecular weight is 245 g/mol. The third-order valence-corrected chi connectivity index (χ3v) is 3.63. The maximum absolute atomic E-state index is 2.33. The minimum absolute atomic E-state index is 0.577. The molecule has 0 saturated heterocycles. The Balaban J connectivity index is 2.48. The second kappa shape index (κ2) is 5.01. The summed E-state index contributed by atoms with van der Waals surface area (Å²) in [4.78, 5) is 3.50. The zero-order valence-electron chi connectivity index (χ0n) is 10.9. The Bertz CT molecular complexity index is 470. The Morgan fingerprint density at radius 2 is 2.00 bits per heavy atom. The maximum Gasteiger partial charge on any atom is 0.0368 e. The van der Waals surface area contributed by atoms with Crippen LogP contribution in [0, 0.1) is 5.92 Å². The fourth-order valence-corrected chi connectivity index (χ4v) is 2.71. The summed E-state index contributed by atoms with van der Waals surface area (Å²) < 4.78 is 0. The predicted molar refractivity (Wildman–Crippen MR) is 78.6 cm³/mol. The van der Waals surface area contributed by atoms with Crippen LogP contribution in [-0.2, 0) is 0 Å². The molecule has 0 aromatic heterocycles. The van der Waals surface area contributed by atoms with E-state index < -0.39 is 0 Å². The molecule has 17 heavy (non-hydrogen) atoms. The second-order valence-corrected chi connectivity index (χ2v) is 5.81. The van der Waals surface area contributed by atoms with E-state index in [4.69, 9.17) is 0 Å². The van der Waals surface area contributed by atoms with Crippen molar-refractivity contribution in [3.63, 3.8) is 0 Å². The molecule has 1 aromatic rings. The molecule has 0 fully saturated rings. The zero-order chi connectivity index (χ0) is 12.4. The summed E-state index contributed by atoms with van der Waals surface area (Å²) in [5.74, 6) is 0.577. The van der Waals surface area contributed by atoms with E-state index in [9.17, 15) is 0 Å². The predicted octanol–water partition coefficient (Wildman–Crippen LogP) is 4.41.